The topological polar surface area (TPSA) is 28.7 Å². The lowest BCUT2D eigenvalue weighted by Crippen LogP contribution is -1.89. The molecule has 0 aromatic carbocycles. The number of rotatable bonds is 1. The molecule has 0 N–H and O–H groups in total. The van der Waals surface area contributed by atoms with Gasteiger partial charge in [-0.2, -0.15) is 5.26 Å². The highest BCUT2D eigenvalue weighted by Gasteiger charge is 2.12. The van der Waals surface area contributed by atoms with E-state index in [1.54, 1.807) is 11.3 Å². The van der Waals surface area contributed by atoms with Crippen LogP contribution in [0, 0.1) is 25.2 Å². The normalized spacial score (nSPS) is 10.1. The van der Waals surface area contributed by atoms with Crippen molar-refractivity contribution in [1.29, 1.82) is 5.26 Å². The fraction of sp³-hybridized carbons (Fsp3) is 0.182. The summed E-state index contributed by atoms with van der Waals surface area (Å²) in [7, 11) is 0. The van der Waals surface area contributed by atoms with Crippen LogP contribution in [0.4, 0.5) is 0 Å². The first-order valence-corrected chi connectivity index (χ1v) is 5.19. The predicted octanol–water partition coefficient (Wildman–Crippen LogP) is 3.03. The summed E-state index contributed by atoms with van der Waals surface area (Å²) >= 11 is 1.66. The van der Waals surface area contributed by atoms with Crippen LogP contribution in [0.3, 0.4) is 0 Å². The van der Waals surface area contributed by atoms with Crippen LogP contribution >= 0.6 is 11.3 Å². The maximum Gasteiger partial charge on any atom is 0.118 e. The van der Waals surface area contributed by atoms with Gasteiger partial charge in [0.2, 0.25) is 0 Å². The van der Waals surface area contributed by atoms with Crippen LogP contribution in [0.2, 0.25) is 0 Å². The molecule has 0 atom stereocenters. The minimum Gasteiger partial charge on any atom is -0.314 e. The van der Waals surface area contributed by atoms with Crippen molar-refractivity contribution in [2.75, 3.05) is 0 Å². The van der Waals surface area contributed by atoms with Crippen molar-refractivity contribution in [1.82, 2.24) is 4.57 Å². The lowest BCUT2D eigenvalue weighted by Gasteiger charge is -1.98. The van der Waals surface area contributed by atoms with Gasteiger partial charge in [-0.1, -0.05) is 0 Å². The molecule has 0 amide bonds. The molecule has 0 aliphatic carbocycles. The number of aryl methyl sites for hydroxylation is 1. The van der Waals surface area contributed by atoms with Gasteiger partial charge in [-0.25, -0.2) is 0 Å². The number of nitriles is 1. The molecule has 2 rings (SSSR count). The zero-order chi connectivity index (χ0) is 10.1. The van der Waals surface area contributed by atoms with Gasteiger partial charge in [0.15, 0.2) is 0 Å². The lowest BCUT2D eigenvalue weighted by molar-refractivity contribution is 1.10. The molecule has 2 aromatic heterocycles. The van der Waals surface area contributed by atoms with E-state index in [0.717, 1.165) is 16.1 Å². The average Bonchev–Trinajstić information content (AvgIpc) is 2.76. The summed E-state index contributed by atoms with van der Waals surface area (Å²) in [5, 5.41) is 10.1. The van der Waals surface area contributed by atoms with Gasteiger partial charge in [0, 0.05) is 17.3 Å². The van der Waals surface area contributed by atoms with E-state index in [1.165, 1.54) is 4.88 Å². The fourth-order valence-electron chi connectivity index (χ4n) is 1.39. The Labute approximate surface area is 87.0 Å². The molecule has 70 valence electrons. The maximum absolute atomic E-state index is 9.05. The van der Waals surface area contributed by atoms with E-state index in [2.05, 4.69) is 6.07 Å². The molecular formula is C11H10N2S. The largest absolute Gasteiger partial charge is 0.314 e. The van der Waals surface area contributed by atoms with Gasteiger partial charge in [0.1, 0.15) is 11.1 Å². The first-order valence-electron chi connectivity index (χ1n) is 4.37. The second-order valence-electron chi connectivity index (χ2n) is 3.17. The van der Waals surface area contributed by atoms with E-state index in [9.17, 15) is 0 Å². The van der Waals surface area contributed by atoms with Crippen molar-refractivity contribution in [3.8, 4) is 11.1 Å². The van der Waals surface area contributed by atoms with Crippen molar-refractivity contribution in [2.24, 2.45) is 0 Å². The highest BCUT2D eigenvalue weighted by Crippen LogP contribution is 2.29. The quantitative estimate of drug-likeness (QED) is 0.698. The van der Waals surface area contributed by atoms with Crippen molar-refractivity contribution < 1.29 is 0 Å². The molecule has 0 aliphatic rings. The van der Waals surface area contributed by atoms with Crippen LogP contribution in [0.1, 0.15) is 16.0 Å². The molecule has 0 unspecified atom stereocenters. The Morgan fingerprint density at radius 3 is 2.50 bits per heavy atom. The SMILES string of the molecule is Cc1sc(-n2cccc2)c(C#N)c1C. The highest BCUT2D eigenvalue weighted by molar-refractivity contribution is 7.14. The van der Waals surface area contributed by atoms with Gasteiger partial charge < -0.3 is 4.57 Å². The van der Waals surface area contributed by atoms with E-state index >= 15 is 0 Å². The summed E-state index contributed by atoms with van der Waals surface area (Å²) in [6, 6.07) is 6.19. The molecule has 0 bridgehead atoms. The molecule has 0 saturated carbocycles. The Balaban J connectivity index is 2.66. The number of hydrogen-bond donors (Lipinski definition) is 0. The van der Waals surface area contributed by atoms with E-state index in [1.807, 2.05) is 42.9 Å². The van der Waals surface area contributed by atoms with E-state index in [4.69, 9.17) is 5.26 Å². The van der Waals surface area contributed by atoms with Crippen molar-refractivity contribution in [2.45, 2.75) is 13.8 Å². The lowest BCUT2D eigenvalue weighted by atomic mass is 10.2. The van der Waals surface area contributed by atoms with Crippen LogP contribution in [-0.2, 0) is 0 Å². The second kappa shape index (κ2) is 3.32. The third-order valence-corrected chi connectivity index (χ3v) is 3.54. The zero-order valence-electron chi connectivity index (χ0n) is 8.11. The molecule has 2 aromatic rings. The zero-order valence-corrected chi connectivity index (χ0v) is 8.93. The van der Waals surface area contributed by atoms with E-state index < -0.39 is 0 Å². The third-order valence-electron chi connectivity index (χ3n) is 2.32. The molecule has 0 aliphatic heterocycles. The molecule has 0 radical (unpaired) electrons. The molecule has 14 heavy (non-hydrogen) atoms. The molecular weight excluding hydrogens is 192 g/mol. The summed E-state index contributed by atoms with van der Waals surface area (Å²) in [6.07, 6.45) is 3.93. The fourth-order valence-corrected chi connectivity index (χ4v) is 2.47. The predicted molar refractivity (Wildman–Crippen MR) is 57.8 cm³/mol. The first-order chi connectivity index (χ1) is 6.74. The van der Waals surface area contributed by atoms with Crippen LogP contribution in [0.5, 0.6) is 0 Å². The third kappa shape index (κ3) is 1.24. The molecule has 0 saturated heterocycles. The highest BCUT2D eigenvalue weighted by atomic mass is 32.1. The summed E-state index contributed by atoms with van der Waals surface area (Å²) in [5.74, 6) is 0. The Morgan fingerprint density at radius 2 is 1.93 bits per heavy atom. The minimum atomic E-state index is 0.795. The Morgan fingerprint density at radius 1 is 1.29 bits per heavy atom. The molecule has 0 spiro atoms. The van der Waals surface area contributed by atoms with Gasteiger partial charge >= 0.3 is 0 Å². The summed E-state index contributed by atoms with van der Waals surface area (Å²) in [4.78, 5) is 1.21. The van der Waals surface area contributed by atoms with Gasteiger partial charge in [0.25, 0.3) is 0 Å². The number of nitrogens with zero attached hydrogens (tertiary/aromatic N) is 2. The minimum absolute atomic E-state index is 0.795. The van der Waals surface area contributed by atoms with Gasteiger partial charge in [-0.15, -0.1) is 11.3 Å². The summed E-state index contributed by atoms with van der Waals surface area (Å²) in [5.41, 5.74) is 1.89. The number of thiophene rings is 1. The van der Waals surface area contributed by atoms with Crippen LogP contribution < -0.4 is 0 Å². The van der Waals surface area contributed by atoms with Gasteiger partial charge in [-0.05, 0) is 31.5 Å². The smallest absolute Gasteiger partial charge is 0.118 e. The van der Waals surface area contributed by atoms with Crippen LogP contribution in [0.15, 0.2) is 24.5 Å². The van der Waals surface area contributed by atoms with Crippen molar-refractivity contribution in [3.05, 3.63) is 40.5 Å². The second-order valence-corrected chi connectivity index (χ2v) is 4.37. The van der Waals surface area contributed by atoms with Gasteiger partial charge in [0.05, 0.1) is 5.56 Å². The van der Waals surface area contributed by atoms with Gasteiger partial charge in [-0.3, -0.25) is 0 Å². The summed E-state index contributed by atoms with van der Waals surface area (Å²) < 4.78 is 1.99. The number of aromatic nitrogens is 1. The molecule has 2 heterocycles. The maximum atomic E-state index is 9.05. The van der Waals surface area contributed by atoms with Crippen LogP contribution in [0.25, 0.3) is 5.00 Å². The van der Waals surface area contributed by atoms with Crippen molar-refractivity contribution >= 4 is 11.3 Å². The first kappa shape index (κ1) is 9.04. The monoisotopic (exact) mass is 202 g/mol. The summed E-state index contributed by atoms with van der Waals surface area (Å²) in [6.45, 7) is 4.05. The molecule has 3 heteroatoms. The standard InChI is InChI=1S/C11H10N2S/c1-8-9(2)14-11(10(8)7-12)13-5-3-4-6-13/h3-6H,1-2H3. The Hall–Kier alpha value is -1.53. The number of hydrogen-bond acceptors (Lipinski definition) is 2. The Bertz CT molecular complexity index is 486. The van der Waals surface area contributed by atoms with E-state index in [0.29, 0.717) is 0 Å². The van der Waals surface area contributed by atoms with E-state index in [-0.39, 0.29) is 0 Å². The van der Waals surface area contributed by atoms with Crippen molar-refractivity contribution in [3.63, 3.8) is 0 Å². The Kier molecular flexibility index (Phi) is 2.14. The van der Waals surface area contributed by atoms with Crippen LogP contribution in [-0.4, -0.2) is 4.57 Å². The molecule has 2 nitrogen and oxygen atoms in total. The molecule has 0 fully saturated rings. The average molecular weight is 202 g/mol.